The monoisotopic (exact) mass is 459 g/mol. The Morgan fingerprint density at radius 1 is 1.06 bits per heavy atom. The molecule has 0 unspecified atom stereocenters. The number of carboxylic acids is 1. The molecule has 180 valence electrons. The van der Waals surface area contributed by atoms with Gasteiger partial charge in [0, 0.05) is 48.3 Å². The molecule has 1 aromatic heterocycles. The summed E-state index contributed by atoms with van der Waals surface area (Å²) < 4.78 is 2.43. The molecule has 5 heteroatoms. The first-order chi connectivity index (χ1) is 16.6. The van der Waals surface area contributed by atoms with Crippen LogP contribution in [0.15, 0.2) is 42.5 Å². The van der Waals surface area contributed by atoms with Crippen molar-refractivity contribution in [1.82, 2.24) is 9.47 Å². The number of aromatic nitrogens is 1. The molecule has 2 aliphatic rings. The van der Waals surface area contributed by atoms with E-state index >= 15 is 0 Å². The van der Waals surface area contributed by atoms with Crippen LogP contribution in [0.3, 0.4) is 0 Å². The Balaban J connectivity index is 1.66. The fourth-order valence-electron chi connectivity index (χ4n) is 6.14. The molecule has 2 aromatic carbocycles. The largest absolute Gasteiger partial charge is 0.478 e. The average Bonchev–Trinajstić information content (AvgIpc) is 3.09. The summed E-state index contributed by atoms with van der Waals surface area (Å²) >= 11 is 0. The van der Waals surface area contributed by atoms with Gasteiger partial charge in [-0.2, -0.15) is 0 Å². The summed E-state index contributed by atoms with van der Waals surface area (Å²) in [5.41, 5.74) is 6.83. The van der Waals surface area contributed by atoms with Crippen LogP contribution in [-0.4, -0.2) is 53.8 Å². The number of rotatable bonds is 7. The van der Waals surface area contributed by atoms with Crippen molar-refractivity contribution in [1.29, 1.82) is 0 Å². The molecule has 2 heterocycles. The van der Waals surface area contributed by atoms with Gasteiger partial charge in [0.25, 0.3) is 0 Å². The average molecular weight is 460 g/mol. The standard InChI is InChI=1S/C29H37N3O2/c1-3-15-30(2)16-17-31-18-19-32-26-20-22(29(33)34)13-14-23(26)27(21-9-5-4-6-10-21)28(32)24-11-7-8-12-25(24)31/h7-8,11-14,20-21H,3-6,9-10,15-19H2,1-2H3,(H,33,34). The van der Waals surface area contributed by atoms with E-state index in [1.165, 1.54) is 66.4 Å². The van der Waals surface area contributed by atoms with Gasteiger partial charge in [-0.3, -0.25) is 0 Å². The first-order valence-corrected chi connectivity index (χ1v) is 13.0. The minimum atomic E-state index is -0.855. The molecule has 34 heavy (non-hydrogen) atoms. The molecule has 5 rings (SSSR count). The first-order valence-electron chi connectivity index (χ1n) is 13.0. The Bertz CT molecular complexity index is 1180. The quantitative estimate of drug-likeness (QED) is 0.456. The molecule has 1 fully saturated rings. The Kier molecular flexibility index (Phi) is 6.64. The van der Waals surface area contributed by atoms with Gasteiger partial charge < -0.3 is 19.5 Å². The van der Waals surface area contributed by atoms with Crippen molar-refractivity contribution in [2.45, 2.75) is 57.9 Å². The third-order valence-corrected chi connectivity index (χ3v) is 7.81. The van der Waals surface area contributed by atoms with E-state index in [1.54, 1.807) is 6.07 Å². The van der Waals surface area contributed by atoms with Crippen LogP contribution < -0.4 is 4.90 Å². The Morgan fingerprint density at radius 3 is 2.62 bits per heavy atom. The zero-order chi connectivity index (χ0) is 23.7. The van der Waals surface area contributed by atoms with E-state index in [2.05, 4.69) is 58.7 Å². The van der Waals surface area contributed by atoms with Gasteiger partial charge in [-0.25, -0.2) is 4.79 Å². The van der Waals surface area contributed by atoms with Crippen LogP contribution in [0.1, 0.15) is 67.3 Å². The molecule has 5 nitrogen and oxygen atoms in total. The predicted octanol–water partition coefficient (Wildman–Crippen LogP) is 6.22. The number of fused-ring (bicyclic) bond motifs is 5. The summed E-state index contributed by atoms with van der Waals surface area (Å²) in [6, 6.07) is 14.6. The van der Waals surface area contributed by atoms with E-state index in [0.29, 0.717) is 11.5 Å². The smallest absolute Gasteiger partial charge is 0.335 e. The van der Waals surface area contributed by atoms with Gasteiger partial charge in [0.2, 0.25) is 0 Å². The number of benzene rings is 2. The summed E-state index contributed by atoms with van der Waals surface area (Å²) in [5.74, 6) is -0.315. The number of hydrogen-bond donors (Lipinski definition) is 1. The lowest BCUT2D eigenvalue weighted by atomic mass is 9.81. The highest BCUT2D eigenvalue weighted by molar-refractivity contribution is 5.99. The van der Waals surface area contributed by atoms with E-state index in [4.69, 9.17) is 0 Å². The zero-order valence-electron chi connectivity index (χ0n) is 20.6. The minimum absolute atomic E-state index is 0.374. The summed E-state index contributed by atoms with van der Waals surface area (Å²) in [6.07, 6.45) is 7.49. The molecule has 0 saturated heterocycles. The molecule has 3 aromatic rings. The Hall–Kier alpha value is -2.79. The summed E-state index contributed by atoms with van der Waals surface area (Å²) in [4.78, 5) is 16.8. The lowest BCUT2D eigenvalue weighted by molar-refractivity contribution is 0.0697. The van der Waals surface area contributed by atoms with Crippen molar-refractivity contribution >= 4 is 22.6 Å². The lowest BCUT2D eigenvalue weighted by Gasteiger charge is -2.28. The number of para-hydroxylation sites is 1. The number of likely N-dealkylation sites (N-methyl/N-ethyl adjacent to an activating group) is 1. The topological polar surface area (TPSA) is 48.7 Å². The van der Waals surface area contributed by atoms with Gasteiger partial charge in [-0.05, 0) is 62.5 Å². The van der Waals surface area contributed by atoms with Crippen LogP contribution in [0.25, 0.3) is 22.2 Å². The van der Waals surface area contributed by atoms with E-state index < -0.39 is 5.97 Å². The number of carbonyl (C=O) groups is 1. The van der Waals surface area contributed by atoms with Crippen LogP contribution >= 0.6 is 0 Å². The van der Waals surface area contributed by atoms with Crippen molar-refractivity contribution < 1.29 is 9.90 Å². The SMILES string of the molecule is CCCN(C)CCN1CCn2c(c(C3CCCCC3)c3ccc(C(=O)O)cc32)-c2ccccc21. The van der Waals surface area contributed by atoms with Crippen molar-refractivity contribution in [3.05, 3.63) is 53.6 Å². The van der Waals surface area contributed by atoms with Crippen molar-refractivity contribution in [3.8, 4) is 11.3 Å². The molecular formula is C29H37N3O2. The van der Waals surface area contributed by atoms with Crippen LogP contribution in [0.4, 0.5) is 5.69 Å². The molecule has 1 aliphatic heterocycles. The van der Waals surface area contributed by atoms with Crippen LogP contribution in [-0.2, 0) is 6.54 Å². The van der Waals surface area contributed by atoms with Gasteiger partial charge >= 0.3 is 5.97 Å². The highest BCUT2D eigenvalue weighted by Crippen LogP contribution is 2.47. The fourth-order valence-corrected chi connectivity index (χ4v) is 6.14. The van der Waals surface area contributed by atoms with Gasteiger partial charge in [0.05, 0.1) is 11.3 Å². The maximum Gasteiger partial charge on any atom is 0.335 e. The zero-order valence-corrected chi connectivity index (χ0v) is 20.6. The highest BCUT2D eigenvalue weighted by Gasteiger charge is 2.30. The molecule has 0 bridgehead atoms. The van der Waals surface area contributed by atoms with Crippen molar-refractivity contribution in [2.75, 3.05) is 38.1 Å². The van der Waals surface area contributed by atoms with Gasteiger partial charge in [0.1, 0.15) is 0 Å². The third-order valence-electron chi connectivity index (χ3n) is 7.81. The van der Waals surface area contributed by atoms with E-state index in [-0.39, 0.29) is 0 Å². The molecule has 0 atom stereocenters. The summed E-state index contributed by atoms with van der Waals surface area (Å²) in [7, 11) is 2.21. The van der Waals surface area contributed by atoms with Crippen LogP contribution in [0, 0.1) is 0 Å². The molecule has 0 radical (unpaired) electrons. The third kappa shape index (κ3) is 4.22. The van der Waals surface area contributed by atoms with Crippen LogP contribution in [0.5, 0.6) is 0 Å². The molecule has 1 aliphatic carbocycles. The predicted molar refractivity (Wildman–Crippen MR) is 140 cm³/mol. The number of nitrogens with zero attached hydrogens (tertiary/aromatic N) is 3. The molecule has 0 spiro atoms. The number of carboxylic acid groups (broad SMARTS) is 1. The van der Waals surface area contributed by atoms with Crippen molar-refractivity contribution in [3.63, 3.8) is 0 Å². The van der Waals surface area contributed by atoms with Crippen LogP contribution in [0.2, 0.25) is 0 Å². The van der Waals surface area contributed by atoms with E-state index in [1.807, 2.05) is 6.07 Å². The first kappa shape index (κ1) is 23.0. The van der Waals surface area contributed by atoms with Gasteiger partial charge in [-0.1, -0.05) is 50.5 Å². The Labute approximate surface area is 203 Å². The van der Waals surface area contributed by atoms with Gasteiger partial charge in [0.15, 0.2) is 0 Å². The highest BCUT2D eigenvalue weighted by atomic mass is 16.4. The molecule has 1 saturated carbocycles. The van der Waals surface area contributed by atoms with E-state index in [0.717, 1.165) is 38.2 Å². The lowest BCUT2D eigenvalue weighted by Crippen LogP contribution is -2.35. The van der Waals surface area contributed by atoms with Crippen molar-refractivity contribution in [2.24, 2.45) is 0 Å². The second kappa shape index (κ2) is 9.83. The molecule has 1 N–H and O–H groups in total. The summed E-state index contributed by atoms with van der Waals surface area (Å²) in [6.45, 7) is 7.17. The Morgan fingerprint density at radius 2 is 1.85 bits per heavy atom. The second-order valence-corrected chi connectivity index (χ2v) is 10.1. The maximum absolute atomic E-state index is 11.8. The fraction of sp³-hybridized carbons (Fsp3) is 0.483. The number of aromatic carboxylic acids is 1. The molecule has 0 amide bonds. The number of anilines is 1. The maximum atomic E-state index is 11.8. The number of hydrogen-bond acceptors (Lipinski definition) is 3. The van der Waals surface area contributed by atoms with E-state index in [9.17, 15) is 9.90 Å². The normalized spacial score (nSPS) is 16.5. The van der Waals surface area contributed by atoms with Gasteiger partial charge in [-0.15, -0.1) is 0 Å². The minimum Gasteiger partial charge on any atom is -0.478 e. The second-order valence-electron chi connectivity index (χ2n) is 10.1. The molecular weight excluding hydrogens is 422 g/mol. The summed E-state index contributed by atoms with van der Waals surface area (Å²) in [5, 5.41) is 11.0.